The zero-order valence-corrected chi connectivity index (χ0v) is 26.3. The molecule has 2 atom stereocenters. The molecule has 10 nitrogen and oxygen atoms in total. The Morgan fingerprint density at radius 1 is 1.02 bits per heavy atom. The first-order valence-corrected chi connectivity index (χ1v) is 15.4. The lowest BCUT2D eigenvalue weighted by Crippen LogP contribution is -2.18. The molecular formula is C30H23ClF5N3O7S. The summed E-state index contributed by atoms with van der Waals surface area (Å²) < 4.78 is 114. The van der Waals surface area contributed by atoms with Gasteiger partial charge in [0.1, 0.15) is 22.6 Å². The first-order chi connectivity index (χ1) is 22.0. The molecule has 2 aromatic carbocycles. The molecule has 0 saturated carbocycles. The molecular weight excluding hydrogens is 677 g/mol. The Balaban J connectivity index is 1.58. The molecule has 0 fully saturated rings. The Morgan fingerprint density at radius 3 is 2.30 bits per heavy atom. The molecule has 0 unspecified atom stereocenters. The number of ether oxygens (including phenoxy) is 1. The average Bonchev–Trinajstić information content (AvgIpc) is 3.47. The van der Waals surface area contributed by atoms with Gasteiger partial charge in [-0.2, -0.15) is 22.3 Å². The van der Waals surface area contributed by atoms with Gasteiger partial charge in [0.2, 0.25) is 39.9 Å². The summed E-state index contributed by atoms with van der Waals surface area (Å²) in [7, 11) is -5.45. The lowest BCUT2D eigenvalue weighted by molar-refractivity contribution is 0.168. The highest BCUT2D eigenvalue weighted by atomic mass is 35.5. The third kappa shape index (κ3) is 6.40. The minimum absolute atomic E-state index is 0.0703. The van der Waals surface area contributed by atoms with Crippen LogP contribution in [0.4, 0.5) is 22.0 Å². The quantitative estimate of drug-likeness (QED) is 0.0618. The van der Waals surface area contributed by atoms with Crippen molar-refractivity contribution in [2.24, 2.45) is 0 Å². The van der Waals surface area contributed by atoms with Crippen LogP contribution in [0.1, 0.15) is 36.6 Å². The lowest BCUT2D eigenvalue weighted by atomic mass is 10.0. The van der Waals surface area contributed by atoms with Crippen molar-refractivity contribution in [1.82, 2.24) is 14.8 Å². The molecule has 5 aromatic rings. The van der Waals surface area contributed by atoms with Gasteiger partial charge in [0.25, 0.3) is 0 Å². The maximum Gasteiger partial charge on any atom is 0.360 e. The normalized spacial score (nSPS) is 13.2. The van der Waals surface area contributed by atoms with E-state index in [0.717, 1.165) is 12.1 Å². The molecule has 3 aromatic heterocycles. The zero-order valence-electron chi connectivity index (χ0n) is 24.7. The third-order valence-corrected chi connectivity index (χ3v) is 8.23. The average molecular weight is 700 g/mol. The maximum atomic E-state index is 14.3. The molecule has 47 heavy (non-hydrogen) atoms. The fraction of sp³-hybridized carbons (Fsp3) is 0.233. The Labute approximate surface area is 268 Å². The molecule has 1 N–H and O–H groups in total. The van der Waals surface area contributed by atoms with Gasteiger partial charge in [0.05, 0.1) is 29.8 Å². The van der Waals surface area contributed by atoms with E-state index in [4.69, 9.17) is 20.8 Å². The molecule has 0 aliphatic rings. The summed E-state index contributed by atoms with van der Waals surface area (Å²) in [6, 6.07) is 5.33. The van der Waals surface area contributed by atoms with Gasteiger partial charge in [-0.1, -0.05) is 11.6 Å². The van der Waals surface area contributed by atoms with Gasteiger partial charge in [-0.25, -0.2) is 18.2 Å². The number of halogens is 6. The van der Waals surface area contributed by atoms with Gasteiger partial charge in [-0.3, -0.25) is 9.48 Å². The number of aromatic nitrogens is 3. The van der Waals surface area contributed by atoms with E-state index in [2.05, 4.69) is 14.3 Å². The van der Waals surface area contributed by atoms with E-state index in [-0.39, 0.29) is 39.8 Å². The predicted molar refractivity (Wildman–Crippen MR) is 157 cm³/mol. The highest BCUT2D eigenvalue weighted by Crippen LogP contribution is 2.37. The van der Waals surface area contributed by atoms with Crippen molar-refractivity contribution in [1.29, 1.82) is 0 Å². The zero-order chi connectivity index (χ0) is 34.5. The smallest absolute Gasteiger partial charge is 0.360 e. The van der Waals surface area contributed by atoms with Gasteiger partial charge in [0.15, 0.2) is 11.2 Å². The summed E-state index contributed by atoms with van der Waals surface area (Å²) in [4.78, 5) is 17.1. The molecule has 0 spiro atoms. The van der Waals surface area contributed by atoms with Crippen molar-refractivity contribution in [3.8, 4) is 22.8 Å². The van der Waals surface area contributed by atoms with Crippen molar-refractivity contribution in [3.05, 3.63) is 97.8 Å². The monoisotopic (exact) mass is 699 g/mol. The van der Waals surface area contributed by atoms with Crippen molar-refractivity contribution in [2.45, 2.75) is 51.5 Å². The van der Waals surface area contributed by atoms with E-state index >= 15 is 0 Å². The van der Waals surface area contributed by atoms with Gasteiger partial charge in [0, 0.05) is 17.3 Å². The van der Waals surface area contributed by atoms with E-state index in [9.17, 15) is 40.3 Å². The molecule has 0 bridgehead atoms. The SMILES string of the molecule is Cc1cc([C@@H](C)Oc2ccc(Cl)nc2S(=O)(=O)Oc2c(F)c(F)c(F)c(F)c2F)c2oc(-c3cnn(C[C@H](C)O)c3)c(C)c(=O)c2c1. The minimum atomic E-state index is -5.45. The van der Waals surface area contributed by atoms with Gasteiger partial charge in [-0.15, -0.1) is 0 Å². The van der Waals surface area contributed by atoms with Crippen molar-refractivity contribution < 1.29 is 48.8 Å². The van der Waals surface area contributed by atoms with Crippen LogP contribution >= 0.6 is 11.6 Å². The van der Waals surface area contributed by atoms with E-state index in [1.165, 1.54) is 17.8 Å². The number of aliphatic hydroxyl groups is 1. The number of rotatable bonds is 9. The van der Waals surface area contributed by atoms with E-state index in [0.29, 0.717) is 11.1 Å². The third-order valence-electron chi connectivity index (χ3n) is 6.87. The summed E-state index contributed by atoms with van der Waals surface area (Å²) in [5.41, 5.74) is 1.25. The number of nitrogens with zero attached hydrogens (tertiary/aromatic N) is 3. The molecule has 0 amide bonds. The topological polar surface area (TPSA) is 134 Å². The van der Waals surface area contributed by atoms with E-state index < -0.39 is 73.1 Å². The highest BCUT2D eigenvalue weighted by Gasteiger charge is 2.34. The molecule has 0 radical (unpaired) electrons. The Hall–Kier alpha value is -4.54. The first-order valence-electron chi connectivity index (χ1n) is 13.6. The number of hydrogen-bond donors (Lipinski definition) is 1. The molecule has 248 valence electrons. The summed E-state index contributed by atoms with van der Waals surface area (Å²) in [6.07, 6.45) is 1.21. The lowest BCUT2D eigenvalue weighted by Gasteiger charge is -2.19. The van der Waals surface area contributed by atoms with Crippen LogP contribution in [-0.2, 0) is 16.7 Å². The summed E-state index contributed by atoms with van der Waals surface area (Å²) in [6.45, 7) is 6.48. The Morgan fingerprint density at radius 2 is 1.66 bits per heavy atom. The highest BCUT2D eigenvalue weighted by molar-refractivity contribution is 7.87. The van der Waals surface area contributed by atoms with Gasteiger partial charge in [-0.05, 0) is 57.5 Å². The maximum absolute atomic E-state index is 14.3. The second kappa shape index (κ2) is 12.6. The summed E-state index contributed by atoms with van der Waals surface area (Å²) in [5, 5.41) is 12.5. The summed E-state index contributed by atoms with van der Waals surface area (Å²) >= 11 is 5.87. The number of fused-ring (bicyclic) bond motifs is 1. The molecule has 0 saturated heterocycles. The van der Waals surface area contributed by atoms with Crippen molar-refractivity contribution >= 4 is 32.7 Å². The standard InChI is InChI=1S/C30H23ClF5N3O7S/c1-12-7-17(28-18(8-12)26(41)14(3)27(45-28)16-9-37-39(11-16)10-13(2)40)15(4)44-19-5-6-20(31)38-30(19)47(42,43)46-29-24(35)22(33)21(32)23(34)25(29)36/h5-9,11,13,15,40H,10H2,1-4H3/t13-,15+/m0/s1. The second-order valence-electron chi connectivity index (χ2n) is 10.6. The molecule has 0 aliphatic carbocycles. The minimum Gasteiger partial charge on any atom is -0.483 e. The predicted octanol–water partition coefficient (Wildman–Crippen LogP) is 6.31. The van der Waals surface area contributed by atoms with Crippen LogP contribution in [-0.4, -0.2) is 34.4 Å². The molecule has 0 aliphatic heterocycles. The molecule has 5 rings (SSSR count). The van der Waals surface area contributed by atoms with Crippen LogP contribution in [0.5, 0.6) is 11.5 Å². The first kappa shape index (κ1) is 33.8. The van der Waals surface area contributed by atoms with Gasteiger partial charge < -0.3 is 18.4 Å². The van der Waals surface area contributed by atoms with E-state index in [1.807, 2.05) is 0 Å². The van der Waals surface area contributed by atoms with Crippen LogP contribution in [0.3, 0.4) is 0 Å². The number of benzene rings is 2. The Bertz CT molecular complexity index is 2200. The van der Waals surface area contributed by atoms with Crippen LogP contribution in [0, 0.1) is 42.9 Å². The van der Waals surface area contributed by atoms with Crippen LogP contribution < -0.4 is 14.3 Å². The largest absolute Gasteiger partial charge is 0.483 e. The molecule has 3 heterocycles. The molecule has 17 heteroatoms. The number of hydrogen-bond acceptors (Lipinski definition) is 9. The van der Waals surface area contributed by atoms with Crippen LogP contribution in [0.15, 0.2) is 50.9 Å². The van der Waals surface area contributed by atoms with Crippen LogP contribution in [0.25, 0.3) is 22.3 Å². The van der Waals surface area contributed by atoms with Crippen molar-refractivity contribution in [3.63, 3.8) is 0 Å². The van der Waals surface area contributed by atoms with E-state index in [1.54, 1.807) is 39.1 Å². The number of aryl methyl sites for hydroxylation is 1. The van der Waals surface area contributed by atoms with Gasteiger partial charge >= 0.3 is 10.1 Å². The fourth-order valence-electron chi connectivity index (χ4n) is 4.73. The summed E-state index contributed by atoms with van der Waals surface area (Å²) in [5.74, 6) is -15.0. The fourth-order valence-corrected chi connectivity index (χ4v) is 5.95. The number of pyridine rings is 1. The van der Waals surface area contributed by atoms with Crippen molar-refractivity contribution in [2.75, 3.05) is 0 Å². The van der Waals surface area contributed by atoms with Crippen LogP contribution in [0.2, 0.25) is 5.15 Å². The second-order valence-corrected chi connectivity index (χ2v) is 12.4. The number of aliphatic hydroxyl groups excluding tert-OH is 1. The Kier molecular flexibility index (Phi) is 9.05.